The van der Waals surface area contributed by atoms with Gasteiger partial charge in [0.2, 0.25) is 0 Å². The lowest BCUT2D eigenvalue weighted by Crippen LogP contribution is -1.79. The van der Waals surface area contributed by atoms with Gasteiger partial charge >= 0.3 is 0 Å². The number of hydrogen-bond acceptors (Lipinski definition) is 2. The van der Waals surface area contributed by atoms with E-state index in [9.17, 15) is 4.79 Å². The average Bonchev–Trinajstić information content (AvgIpc) is 2.38. The monoisotopic (exact) mass is 209 g/mol. The highest BCUT2D eigenvalue weighted by atomic mass is 16.1. The van der Waals surface area contributed by atoms with Crippen molar-refractivity contribution >= 4 is 18.4 Å². The smallest absolute Gasteiger partial charge is 0.150 e. The van der Waals surface area contributed by atoms with E-state index in [1.165, 1.54) is 0 Å². The van der Waals surface area contributed by atoms with Gasteiger partial charge in [0, 0.05) is 18.0 Å². The molecule has 0 aliphatic heterocycles. The van der Waals surface area contributed by atoms with E-state index in [0.717, 1.165) is 17.4 Å². The maximum atomic E-state index is 10.5. The summed E-state index contributed by atoms with van der Waals surface area (Å²) >= 11 is 0. The van der Waals surface area contributed by atoms with Crippen LogP contribution in [-0.4, -0.2) is 11.3 Å². The maximum absolute atomic E-state index is 10.5. The largest absolute Gasteiger partial charge is 0.298 e. The molecule has 0 saturated heterocycles. The zero-order valence-corrected chi connectivity index (χ0v) is 8.71. The Bertz CT molecular complexity index is 486. The number of nitrogens with zero attached hydrogens (tertiary/aromatic N) is 1. The van der Waals surface area contributed by atoms with Gasteiger partial charge in [-0.3, -0.25) is 9.78 Å². The van der Waals surface area contributed by atoms with Crippen LogP contribution in [0.5, 0.6) is 0 Å². The van der Waals surface area contributed by atoms with E-state index in [-0.39, 0.29) is 0 Å². The minimum absolute atomic E-state index is 0.693. The normalized spacial score (nSPS) is 10.5. The molecule has 0 radical (unpaired) electrons. The van der Waals surface area contributed by atoms with Gasteiger partial charge in [-0.15, -0.1) is 0 Å². The SMILES string of the molecule is O=Cc1ccc(C=Cc2cccnc2)cc1. The number of aldehydes is 1. The molecule has 16 heavy (non-hydrogen) atoms. The molecule has 0 aliphatic rings. The number of carbonyl (C=O) groups excluding carboxylic acids is 1. The van der Waals surface area contributed by atoms with Gasteiger partial charge in [0.25, 0.3) is 0 Å². The molecule has 0 atom stereocenters. The number of rotatable bonds is 3. The van der Waals surface area contributed by atoms with Gasteiger partial charge in [0.1, 0.15) is 6.29 Å². The molecular formula is C14H11NO. The summed E-state index contributed by atoms with van der Waals surface area (Å²) in [5, 5.41) is 0. The number of carbonyl (C=O) groups is 1. The number of aromatic nitrogens is 1. The second-order valence-electron chi connectivity index (χ2n) is 3.40. The fourth-order valence-corrected chi connectivity index (χ4v) is 1.35. The molecule has 2 nitrogen and oxygen atoms in total. The van der Waals surface area contributed by atoms with E-state index in [4.69, 9.17) is 0 Å². The molecule has 0 saturated carbocycles. The molecule has 0 amide bonds. The van der Waals surface area contributed by atoms with Crippen molar-refractivity contribution in [3.8, 4) is 0 Å². The van der Waals surface area contributed by atoms with E-state index < -0.39 is 0 Å². The highest BCUT2D eigenvalue weighted by Gasteiger charge is 1.89. The van der Waals surface area contributed by atoms with Crippen LogP contribution in [0.1, 0.15) is 21.5 Å². The van der Waals surface area contributed by atoms with Crippen LogP contribution in [0, 0.1) is 0 Å². The Labute approximate surface area is 94.3 Å². The molecule has 0 N–H and O–H groups in total. The summed E-state index contributed by atoms with van der Waals surface area (Å²) in [6.45, 7) is 0. The molecule has 0 aliphatic carbocycles. The number of hydrogen-bond donors (Lipinski definition) is 0. The van der Waals surface area contributed by atoms with Gasteiger partial charge in [0.05, 0.1) is 0 Å². The minimum atomic E-state index is 0.693. The van der Waals surface area contributed by atoms with Crippen LogP contribution in [-0.2, 0) is 0 Å². The topological polar surface area (TPSA) is 30.0 Å². The third-order valence-electron chi connectivity index (χ3n) is 2.23. The van der Waals surface area contributed by atoms with Gasteiger partial charge in [-0.05, 0) is 17.2 Å². The lowest BCUT2D eigenvalue weighted by molar-refractivity contribution is 0.112. The minimum Gasteiger partial charge on any atom is -0.298 e. The van der Waals surface area contributed by atoms with Gasteiger partial charge in [0.15, 0.2) is 0 Å². The molecule has 78 valence electrons. The third kappa shape index (κ3) is 2.64. The van der Waals surface area contributed by atoms with Crippen LogP contribution < -0.4 is 0 Å². The molecule has 1 heterocycles. The first-order valence-electron chi connectivity index (χ1n) is 5.02. The summed E-state index contributed by atoms with van der Waals surface area (Å²) in [5.41, 5.74) is 2.81. The predicted octanol–water partition coefficient (Wildman–Crippen LogP) is 3.06. The van der Waals surface area contributed by atoms with Gasteiger partial charge in [-0.25, -0.2) is 0 Å². The molecule has 0 unspecified atom stereocenters. The Morgan fingerprint density at radius 3 is 2.19 bits per heavy atom. The van der Waals surface area contributed by atoms with Crippen molar-refractivity contribution < 1.29 is 4.79 Å². The third-order valence-corrected chi connectivity index (χ3v) is 2.23. The van der Waals surface area contributed by atoms with Crippen LogP contribution in [0.15, 0.2) is 48.8 Å². The zero-order valence-electron chi connectivity index (χ0n) is 8.71. The number of pyridine rings is 1. The van der Waals surface area contributed by atoms with E-state index in [0.29, 0.717) is 5.56 Å². The first kappa shape index (κ1) is 10.3. The molecule has 0 spiro atoms. The molecule has 1 aromatic carbocycles. The van der Waals surface area contributed by atoms with Crippen molar-refractivity contribution in [3.05, 3.63) is 65.5 Å². The van der Waals surface area contributed by atoms with Crippen molar-refractivity contribution in [1.29, 1.82) is 0 Å². The summed E-state index contributed by atoms with van der Waals surface area (Å²) in [7, 11) is 0. The molecule has 2 heteroatoms. The predicted molar refractivity (Wildman–Crippen MR) is 65.0 cm³/mol. The van der Waals surface area contributed by atoms with Crippen LogP contribution in [0.2, 0.25) is 0 Å². The summed E-state index contributed by atoms with van der Waals surface area (Å²) in [5.74, 6) is 0. The summed E-state index contributed by atoms with van der Waals surface area (Å²) in [6, 6.07) is 11.3. The van der Waals surface area contributed by atoms with Crippen LogP contribution in [0.4, 0.5) is 0 Å². The molecule has 1 aromatic heterocycles. The van der Waals surface area contributed by atoms with E-state index in [2.05, 4.69) is 4.98 Å². The van der Waals surface area contributed by atoms with Crippen molar-refractivity contribution in [1.82, 2.24) is 4.98 Å². The zero-order chi connectivity index (χ0) is 11.2. The lowest BCUT2D eigenvalue weighted by atomic mass is 10.1. The summed E-state index contributed by atoms with van der Waals surface area (Å²) < 4.78 is 0. The highest BCUT2D eigenvalue weighted by Crippen LogP contribution is 2.08. The fraction of sp³-hybridized carbons (Fsp3) is 0. The molecular weight excluding hydrogens is 198 g/mol. The second-order valence-corrected chi connectivity index (χ2v) is 3.40. The molecule has 2 rings (SSSR count). The van der Waals surface area contributed by atoms with E-state index >= 15 is 0 Å². The van der Waals surface area contributed by atoms with Gasteiger partial charge < -0.3 is 0 Å². The van der Waals surface area contributed by atoms with Crippen molar-refractivity contribution in [2.75, 3.05) is 0 Å². The van der Waals surface area contributed by atoms with Crippen LogP contribution in [0.3, 0.4) is 0 Å². The van der Waals surface area contributed by atoms with Gasteiger partial charge in [-0.2, -0.15) is 0 Å². The van der Waals surface area contributed by atoms with Crippen LogP contribution in [0.25, 0.3) is 12.2 Å². The van der Waals surface area contributed by atoms with E-state index in [1.807, 2.05) is 36.4 Å². The molecule has 2 aromatic rings. The quantitative estimate of drug-likeness (QED) is 0.727. The number of benzene rings is 1. The summed E-state index contributed by atoms with van der Waals surface area (Å²) in [6.07, 6.45) is 8.37. The Kier molecular flexibility index (Phi) is 3.24. The standard InChI is InChI=1S/C14H11NO/c16-11-14-7-4-12(5-8-14)3-6-13-2-1-9-15-10-13/h1-11H. The van der Waals surface area contributed by atoms with E-state index in [1.54, 1.807) is 24.5 Å². The first-order chi connectivity index (χ1) is 7.88. The Hall–Kier alpha value is -2.22. The van der Waals surface area contributed by atoms with Crippen molar-refractivity contribution in [2.24, 2.45) is 0 Å². The van der Waals surface area contributed by atoms with Crippen molar-refractivity contribution in [3.63, 3.8) is 0 Å². The van der Waals surface area contributed by atoms with Crippen molar-refractivity contribution in [2.45, 2.75) is 0 Å². The second kappa shape index (κ2) is 5.03. The lowest BCUT2D eigenvalue weighted by Gasteiger charge is -1.94. The Balaban J connectivity index is 2.14. The average molecular weight is 209 g/mol. The highest BCUT2D eigenvalue weighted by molar-refractivity contribution is 5.76. The molecule has 0 fully saturated rings. The molecule has 0 bridgehead atoms. The Morgan fingerprint density at radius 2 is 1.56 bits per heavy atom. The first-order valence-corrected chi connectivity index (χ1v) is 5.02. The summed E-state index contributed by atoms with van der Waals surface area (Å²) in [4.78, 5) is 14.5. The fourth-order valence-electron chi connectivity index (χ4n) is 1.35. The Morgan fingerprint density at radius 1 is 0.875 bits per heavy atom. The maximum Gasteiger partial charge on any atom is 0.150 e. The van der Waals surface area contributed by atoms with Gasteiger partial charge in [-0.1, -0.05) is 42.5 Å². The van der Waals surface area contributed by atoms with Crippen LogP contribution >= 0.6 is 0 Å².